The van der Waals surface area contributed by atoms with Gasteiger partial charge in [0.2, 0.25) is 11.8 Å². The minimum atomic E-state index is -0.580. The summed E-state index contributed by atoms with van der Waals surface area (Å²) in [5, 5.41) is 3.42. The summed E-state index contributed by atoms with van der Waals surface area (Å²) < 4.78 is 13.2. The zero-order valence-corrected chi connectivity index (χ0v) is 17.0. The molecule has 0 aliphatic heterocycles. The number of hydrogen-bond acceptors (Lipinski definition) is 2. The highest BCUT2D eigenvalue weighted by atomic mass is 35.5. The van der Waals surface area contributed by atoms with Gasteiger partial charge in [0.05, 0.1) is 0 Å². The van der Waals surface area contributed by atoms with E-state index in [9.17, 15) is 14.0 Å². The first-order valence-corrected chi connectivity index (χ1v) is 9.89. The van der Waals surface area contributed by atoms with E-state index < -0.39 is 6.04 Å². The number of rotatable bonds is 9. The fourth-order valence-electron chi connectivity index (χ4n) is 3.08. The number of likely N-dealkylation sites (N-methyl/N-ethyl adjacent to an activating group) is 1. The van der Waals surface area contributed by atoms with Crippen molar-refractivity contribution in [2.45, 2.75) is 45.7 Å². The molecule has 2 rings (SSSR count). The van der Waals surface area contributed by atoms with E-state index in [0.29, 0.717) is 24.4 Å². The highest BCUT2D eigenvalue weighted by molar-refractivity contribution is 6.31. The summed E-state index contributed by atoms with van der Waals surface area (Å²) in [6, 6.07) is 12.8. The molecule has 0 aromatic heterocycles. The Bertz CT molecular complexity index is 795. The van der Waals surface area contributed by atoms with Gasteiger partial charge in [-0.2, -0.15) is 0 Å². The molecular formula is C22H26ClFN2O2. The Morgan fingerprint density at radius 1 is 1.11 bits per heavy atom. The Balaban J connectivity index is 2.19. The van der Waals surface area contributed by atoms with E-state index >= 15 is 0 Å². The molecule has 0 unspecified atom stereocenters. The van der Waals surface area contributed by atoms with E-state index in [1.807, 2.05) is 32.0 Å². The van der Waals surface area contributed by atoms with Crippen LogP contribution in [0.2, 0.25) is 5.02 Å². The van der Waals surface area contributed by atoms with Gasteiger partial charge in [-0.15, -0.1) is 0 Å². The van der Waals surface area contributed by atoms with Crippen LogP contribution in [0, 0.1) is 5.82 Å². The molecule has 2 amide bonds. The smallest absolute Gasteiger partial charge is 0.242 e. The lowest BCUT2D eigenvalue weighted by Crippen LogP contribution is -2.49. The molecule has 0 saturated heterocycles. The molecule has 2 aromatic rings. The van der Waals surface area contributed by atoms with Gasteiger partial charge in [-0.25, -0.2) is 4.39 Å². The first-order valence-electron chi connectivity index (χ1n) is 9.51. The fraction of sp³-hybridized carbons (Fsp3) is 0.364. The number of nitrogens with one attached hydrogen (secondary N) is 1. The Labute approximate surface area is 170 Å². The van der Waals surface area contributed by atoms with Crippen molar-refractivity contribution in [3.8, 4) is 0 Å². The van der Waals surface area contributed by atoms with Crippen LogP contribution in [0.1, 0.15) is 37.8 Å². The number of halogens is 2. The van der Waals surface area contributed by atoms with Crippen molar-refractivity contribution in [1.29, 1.82) is 0 Å². The fourth-order valence-corrected chi connectivity index (χ4v) is 3.31. The van der Waals surface area contributed by atoms with Crippen LogP contribution in [0.15, 0.2) is 48.5 Å². The average Bonchev–Trinajstić information content (AvgIpc) is 2.68. The number of carbonyl (C=O) groups excluding carboxylic acids is 2. The quantitative estimate of drug-likeness (QED) is 0.675. The van der Waals surface area contributed by atoms with Crippen LogP contribution in [0.5, 0.6) is 0 Å². The van der Waals surface area contributed by atoms with Gasteiger partial charge in [0, 0.05) is 24.5 Å². The van der Waals surface area contributed by atoms with Crippen LogP contribution in [0.4, 0.5) is 4.39 Å². The molecule has 0 bridgehead atoms. The lowest BCUT2D eigenvalue weighted by atomic mass is 10.1. The second kappa shape index (κ2) is 10.8. The molecule has 0 saturated carbocycles. The first kappa shape index (κ1) is 21.9. The largest absolute Gasteiger partial charge is 0.355 e. The molecule has 2 aromatic carbocycles. The molecule has 0 spiro atoms. The molecule has 0 heterocycles. The molecule has 1 N–H and O–H groups in total. The number of carbonyl (C=O) groups is 2. The summed E-state index contributed by atoms with van der Waals surface area (Å²) in [4.78, 5) is 27.1. The molecule has 4 nitrogen and oxygen atoms in total. The Hall–Kier alpha value is -2.40. The average molecular weight is 405 g/mol. The number of aryl methyl sites for hydroxylation is 1. The van der Waals surface area contributed by atoms with E-state index in [4.69, 9.17) is 11.6 Å². The molecule has 0 fully saturated rings. The number of nitrogens with zero attached hydrogens (tertiary/aromatic N) is 1. The summed E-state index contributed by atoms with van der Waals surface area (Å²) in [7, 11) is 0. The maximum Gasteiger partial charge on any atom is 0.242 e. The van der Waals surface area contributed by atoms with E-state index in [2.05, 4.69) is 5.32 Å². The topological polar surface area (TPSA) is 49.4 Å². The third kappa shape index (κ3) is 6.06. The van der Waals surface area contributed by atoms with Gasteiger partial charge in [0.1, 0.15) is 11.9 Å². The van der Waals surface area contributed by atoms with Gasteiger partial charge >= 0.3 is 0 Å². The highest BCUT2D eigenvalue weighted by Gasteiger charge is 2.28. The molecule has 28 heavy (non-hydrogen) atoms. The Morgan fingerprint density at radius 2 is 1.79 bits per heavy atom. The first-order chi connectivity index (χ1) is 13.5. The zero-order valence-electron chi connectivity index (χ0n) is 16.3. The van der Waals surface area contributed by atoms with E-state index in [1.54, 1.807) is 23.1 Å². The van der Waals surface area contributed by atoms with Crippen molar-refractivity contribution < 1.29 is 14.0 Å². The van der Waals surface area contributed by atoms with Crippen LogP contribution in [0.25, 0.3) is 0 Å². The molecule has 0 aliphatic carbocycles. The molecular weight excluding hydrogens is 379 g/mol. The van der Waals surface area contributed by atoms with E-state index in [1.165, 1.54) is 12.1 Å². The standard InChI is InChI=1S/C22H26ClFN2O2/c1-3-20(22(28)25-4-2)26(15-16-9-12-18(24)13-10-16)21(27)14-11-17-7-5-6-8-19(17)23/h5-10,12-13,20H,3-4,11,14-15H2,1-2H3,(H,25,28)/t20-/m1/s1. The summed E-state index contributed by atoms with van der Waals surface area (Å²) in [5.74, 6) is -0.656. The van der Waals surface area contributed by atoms with Crippen molar-refractivity contribution in [3.63, 3.8) is 0 Å². The third-order valence-electron chi connectivity index (χ3n) is 4.57. The maximum absolute atomic E-state index is 13.2. The lowest BCUT2D eigenvalue weighted by Gasteiger charge is -2.30. The minimum Gasteiger partial charge on any atom is -0.355 e. The van der Waals surface area contributed by atoms with Crippen LogP contribution in [0.3, 0.4) is 0 Å². The molecule has 1 atom stereocenters. The summed E-state index contributed by atoms with van der Waals surface area (Å²) in [6.07, 6.45) is 1.22. The highest BCUT2D eigenvalue weighted by Crippen LogP contribution is 2.19. The summed E-state index contributed by atoms with van der Waals surface area (Å²) in [6.45, 7) is 4.46. The SMILES string of the molecule is CCNC(=O)[C@@H](CC)N(Cc1ccc(F)cc1)C(=O)CCc1ccccc1Cl. The van der Waals surface area contributed by atoms with Crippen LogP contribution >= 0.6 is 11.6 Å². The normalized spacial score (nSPS) is 11.7. The minimum absolute atomic E-state index is 0.137. The monoisotopic (exact) mass is 404 g/mol. The maximum atomic E-state index is 13.2. The third-order valence-corrected chi connectivity index (χ3v) is 4.94. The lowest BCUT2D eigenvalue weighted by molar-refractivity contribution is -0.141. The van der Waals surface area contributed by atoms with Crippen molar-refractivity contribution in [2.75, 3.05) is 6.54 Å². The molecule has 0 radical (unpaired) electrons. The zero-order chi connectivity index (χ0) is 20.5. The van der Waals surface area contributed by atoms with Gasteiger partial charge in [-0.3, -0.25) is 9.59 Å². The summed E-state index contributed by atoms with van der Waals surface area (Å²) in [5.41, 5.74) is 1.67. The van der Waals surface area contributed by atoms with Gasteiger partial charge in [0.15, 0.2) is 0 Å². The van der Waals surface area contributed by atoms with E-state index in [0.717, 1.165) is 11.1 Å². The number of amides is 2. The second-order valence-corrected chi connectivity index (χ2v) is 6.97. The van der Waals surface area contributed by atoms with Crippen molar-refractivity contribution >= 4 is 23.4 Å². The van der Waals surface area contributed by atoms with Crippen LogP contribution < -0.4 is 5.32 Å². The second-order valence-electron chi connectivity index (χ2n) is 6.56. The van der Waals surface area contributed by atoms with Crippen molar-refractivity contribution in [3.05, 3.63) is 70.5 Å². The molecule has 0 aliphatic rings. The Morgan fingerprint density at radius 3 is 2.39 bits per heavy atom. The molecule has 6 heteroatoms. The van der Waals surface area contributed by atoms with Gasteiger partial charge in [-0.05, 0) is 49.1 Å². The number of hydrogen-bond donors (Lipinski definition) is 1. The molecule has 150 valence electrons. The van der Waals surface area contributed by atoms with E-state index in [-0.39, 0.29) is 30.6 Å². The number of benzene rings is 2. The predicted octanol–water partition coefficient (Wildman–Crippen LogP) is 4.36. The predicted molar refractivity (Wildman–Crippen MR) is 109 cm³/mol. The Kier molecular flexibility index (Phi) is 8.45. The van der Waals surface area contributed by atoms with Crippen molar-refractivity contribution in [1.82, 2.24) is 10.2 Å². The van der Waals surface area contributed by atoms with Gasteiger partial charge in [0.25, 0.3) is 0 Å². The van der Waals surface area contributed by atoms with Crippen LogP contribution in [-0.4, -0.2) is 29.3 Å². The van der Waals surface area contributed by atoms with Gasteiger partial charge in [-0.1, -0.05) is 48.9 Å². The van der Waals surface area contributed by atoms with Gasteiger partial charge < -0.3 is 10.2 Å². The van der Waals surface area contributed by atoms with Crippen LogP contribution in [-0.2, 0) is 22.6 Å². The van der Waals surface area contributed by atoms with Crippen molar-refractivity contribution in [2.24, 2.45) is 0 Å². The summed E-state index contributed by atoms with van der Waals surface area (Å²) >= 11 is 6.19.